The molecule has 1 aromatic carbocycles. The third kappa shape index (κ3) is 4.49. The molecule has 5 nitrogen and oxygen atoms in total. The molecule has 0 bridgehead atoms. The SMILES string of the molecule is CCOC(=O)CCCc1cccc2c1O[C@H]1C[C@@H](O[Si](C)(C)C(C)(C)C)[C@H](C=O)[C@@H]21. The molecule has 1 heterocycles. The van der Waals surface area contributed by atoms with E-state index in [9.17, 15) is 9.59 Å². The van der Waals surface area contributed by atoms with Crippen molar-refractivity contribution in [1.29, 1.82) is 0 Å². The Kier molecular flexibility index (Phi) is 6.77. The quantitative estimate of drug-likeness (QED) is 0.328. The second kappa shape index (κ2) is 8.83. The molecule has 0 spiro atoms. The van der Waals surface area contributed by atoms with Crippen molar-refractivity contribution in [3.05, 3.63) is 29.3 Å². The number of aryl methyl sites for hydroxylation is 1. The smallest absolute Gasteiger partial charge is 0.305 e. The van der Waals surface area contributed by atoms with Gasteiger partial charge in [0.15, 0.2) is 8.32 Å². The van der Waals surface area contributed by atoms with Crippen molar-refractivity contribution in [2.24, 2.45) is 5.92 Å². The molecular weight excluding hydrogens is 396 g/mol. The molecule has 0 aromatic heterocycles. The molecule has 1 saturated carbocycles. The highest BCUT2D eigenvalue weighted by Gasteiger charge is 2.53. The summed E-state index contributed by atoms with van der Waals surface area (Å²) in [6.07, 6.45) is 3.62. The van der Waals surface area contributed by atoms with E-state index in [1.165, 1.54) is 0 Å². The van der Waals surface area contributed by atoms with Gasteiger partial charge in [0.05, 0.1) is 18.6 Å². The van der Waals surface area contributed by atoms with Crippen molar-refractivity contribution in [2.75, 3.05) is 6.61 Å². The van der Waals surface area contributed by atoms with Crippen LogP contribution in [-0.4, -0.2) is 39.4 Å². The molecule has 0 radical (unpaired) electrons. The van der Waals surface area contributed by atoms with Gasteiger partial charge in [-0.3, -0.25) is 4.79 Å². The van der Waals surface area contributed by atoms with E-state index in [0.717, 1.165) is 42.4 Å². The molecule has 1 aliphatic carbocycles. The highest BCUT2D eigenvalue weighted by atomic mass is 28.4. The highest BCUT2D eigenvalue weighted by molar-refractivity contribution is 6.74. The van der Waals surface area contributed by atoms with E-state index in [0.29, 0.717) is 13.0 Å². The van der Waals surface area contributed by atoms with Crippen molar-refractivity contribution < 1.29 is 23.5 Å². The minimum Gasteiger partial charge on any atom is -0.489 e. The standard InChI is InChI=1S/C24H36O5Si/c1-7-27-21(26)13-9-11-16-10-8-12-17-22-18(15-25)19(14-20(22)28-23(16)17)29-30(5,6)24(2,3)4/h8,10,12,15,18-20,22H,7,9,11,13-14H2,1-6H3/t18-,19+,20-,22+/m0/s1. The molecule has 6 heteroatoms. The van der Waals surface area contributed by atoms with Gasteiger partial charge in [-0.15, -0.1) is 0 Å². The Morgan fingerprint density at radius 2 is 2.03 bits per heavy atom. The largest absolute Gasteiger partial charge is 0.489 e. The molecule has 166 valence electrons. The number of hydrogen-bond donors (Lipinski definition) is 0. The van der Waals surface area contributed by atoms with Gasteiger partial charge in [-0.2, -0.15) is 0 Å². The number of aldehydes is 1. The van der Waals surface area contributed by atoms with Gasteiger partial charge in [0, 0.05) is 24.3 Å². The maximum absolute atomic E-state index is 12.1. The fraction of sp³-hybridized carbons (Fsp3) is 0.667. The van der Waals surface area contributed by atoms with Crippen molar-refractivity contribution in [1.82, 2.24) is 0 Å². The first-order valence-corrected chi connectivity index (χ1v) is 14.1. The Bertz CT molecular complexity index is 782. The maximum Gasteiger partial charge on any atom is 0.305 e. The van der Waals surface area contributed by atoms with Crippen LogP contribution in [-0.2, 0) is 25.2 Å². The van der Waals surface area contributed by atoms with Gasteiger partial charge in [0.1, 0.15) is 18.1 Å². The predicted molar refractivity (Wildman–Crippen MR) is 119 cm³/mol. The number of esters is 1. The van der Waals surface area contributed by atoms with Crippen LogP contribution in [0.5, 0.6) is 5.75 Å². The number of carbonyl (C=O) groups excluding carboxylic acids is 2. The summed E-state index contributed by atoms with van der Waals surface area (Å²) in [7, 11) is -1.97. The van der Waals surface area contributed by atoms with E-state index in [4.69, 9.17) is 13.9 Å². The second-order valence-corrected chi connectivity index (χ2v) is 14.8. The van der Waals surface area contributed by atoms with Crippen LogP contribution in [0.4, 0.5) is 0 Å². The summed E-state index contributed by atoms with van der Waals surface area (Å²) in [4.78, 5) is 23.8. The van der Waals surface area contributed by atoms with Gasteiger partial charge in [0.2, 0.25) is 0 Å². The van der Waals surface area contributed by atoms with Crippen molar-refractivity contribution >= 4 is 20.6 Å². The maximum atomic E-state index is 12.1. The number of fused-ring (bicyclic) bond motifs is 3. The van der Waals surface area contributed by atoms with Gasteiger partial charge >= 0.3 is 5.97 Å². The first-order chi connectivity index (χ1) is 14.1. The first kappa shape index (κ1) is 23.0. The Morgan fingerprint density at radius 3 is 2.67 bits per heavy atom. The van der Waals surface area contributed by atoms with E-state index >= 15 is 0 Å². The summed E-state index contributed by atoms with van der Waals surface area (Å²) in [6, 6.07) is 6.18. The third-order valence-corrected chi connectivity index (χ3v) is 11.5. The van der Waals surface area contributed by atoms with E-state index in [1.807, 2.05) is 13.0 Å². The van der Waals surface area contributed by atoms with E-state index in [1.54, 1.807) is 0 Å². The Balaban J connectivity index is 1.74. The molecule has 1 aromatic rings. The van der Waals surface area contributed by atoms with Crippen LogP contribution in [0.1, 0.15) is 64.0 Å². The van der Waals surface area contributed by atoms with E-state index < -0.39 is 8.32 Å². The van der Waals surface area contributed by atoms with Crippen LogP contribution in [0.3, 0.4) is 0 Å². The fourth-order valence-electron chi connectivity index (χ4n) is 4.41. The topological polar surface area (TPSA) is 61.8 Å². The minimum atomic E-state index is -1.97. The number of para-hydroxylation sites is 1. The molecule has 30 heavy (non-hydrogen) atoms. The summed E-state index contributed by atoms with van der Waals surface area (Å²) in [5.74, 6) is 0.626. The average Bonchev–Trinajstić information content (AvgIpc) is 3.16. The molecule has 2 aliphatic rings. The predicted octanol–water partition coefficient (Wildman–Crippen LogP) is 5.03. The summed E-state index contributed by atoms with van der Waals surface area (Å²) in [6.45, 7) is 13.4. The fourth-order valence-corrected chi connectivity index (χ4v) is 5.77. The van der Waals surface area contributed by atoms with Crippen molar-refractivity contribution in [2.45, 2.75) is 89.6 Å². The number of hydrogen-bond acceptors (Lipinski definition) is 5. The Labute approximate surface area is 181 Å². The Hall–Kier alpha value is -1.66. The zero-order chi connectivity index (χ0) is 22.1. The molecule has 0 amide bonds. The van der Waals surface area contributed by atoms with Gasteiger partial charge in [0.25, 0.3) is 0 Å². The van der Waals surface area contributed by atoms with Crippen LogP contribution in [0, 0.1) is 5.92 Å². The molecule has 1 fully saturated rings. The van der Waals surface area contributed by atoms with Crippen LogP contribution >= 0.6 is 0 Å². The summed E-state index contributed by atoms with van der Waals surface area (Å²) in [5.41, 5.74) is 2.23. The lowest BCUT2D eigenvalue weighted by atomic mass is 9.88. The zero-order valence-electron chi connectivity index (χ0n) is 19.2. The lowest BCUT2D eigenvalue weighted by Gasteiger charge is -2.39. The summed E-state index contributed by atoms with van der Waals surface area (Å²) in [5, 5.41) is 0.100. The van der Waals surface area contributed by atoms with Crippen LogP contribution < -0.4 is 4.74 Å². The minimum absolute atomic E-state index is 0.0174. The molecule has 3 rings (SSSR count). The van der Waals surface area contributed by atoms with Gasteiger partial charge in [-0.25, -0.2) is 0 Å². The zero-order valence-corrected chi connectivity index (χ0v) is 20.2. The summed E-state index contributed by atoms with van der Waals surface area (Å²) < 4.78 is 18.0. The van der Waals surface area contributed by atoms with Gasteiger partial charge in [-0.1, -0.05) is 39.0 Å². The molecular formula is C24H36O5Si. The van der Waals surface area contributed by atoms with Crippen LogP contribution in [0.15, 0.2) is 18.2 Å². The molecule has 0 N–H and O–H groups in total. The number of carbonyl (C=O) groups is 2. The van der Waals surface area contributed by atoms with Crippen LogP contribution in [0.2, 0.25) is 18.1 Å². The lowest BCUT2D eigenvalue weighted by Crippen LogP contribution is -2.45. The van der Waals surface area contributed by atoms with Crippen molar-refractivity contribution in [3.63, 3.8) is 0 Å². The molecule has 4 atom stereocenters. The number of ether oxygens (including phenoxy) is 2. The second-order valence-electron chi connectivity index (χ2n) is 10.0. The molecule has 0 unspecified atom stereocenters. The van der Waals surface area contributed by atoms with Gasteiger partial charge in [-0.05, 0) is 43.5 Å². The molecule has 0 saturated heterocycles. The monoisotopic (exact) mass is 432 g/mol. The van der Waals surface area contributed by atoms with E-state index in [2.05, 4.69) is 46.0 Å². The highest BCUT2D eigenvalue weighted by Crippen LogP contribution is 2.53. The average molecular weight is 433 g/mol. The Morgan fingerprint density at radius 1 is 1.30 bits per heavy atom. The normalized spacial score (nSPS) is 25.4. The van der Waals surface area contributed by atoms with Gasteiger partial charge < -0.3 is 18.7 Å². The summed E-state index contributed by atoms with van der Waals surface area (Å²) >= 11 is 0. The third-order valence-electron chi connectivity index (χ3n) is 7.01. The lowest BCUT2D eigenvalue weighted by molar-refractivity contribution is -0.143. The van der Waals surface area contributed by atoms with Crippen molar-refractivity contribution in [3.8, 4) is 5.75 Å². The first-order valence-electron chi connectivity index (χ1n) is 11.2. The van der Waals surface area contributed by atoms with Crippen LogP contribution in [0.25, 0.3) is 0 Å². The number of benzene rings is 1. The number of rotatable bonds is 8. The molecule has 1 aliphatic heterocycles. The van der Waals surface area contributed by atoms with E-state index in [-0.39, 0.29) is 35.1 Å².